The summed E-state index contributed by atoms with van der Waals surface area (Å²) >= 11 is 6.04. The summed E-state index contributed by atoms with van der Waals surface area (Å²) < 4.78 is 7.48. The lowest BCUT2D eigenvalue weighted by Gasteiger charge is -2.13. The molecule has 0 saturated heterocycles. The van der Waals surface area contributed by atoms with E-state index in [0.29, 0.717) is 5.92 Å². The smallest absolute Gasteiger partial charge is 0.123 e. The quantitative estimate of drug-likeness (QED) is 0.842. The molecule has 0 saturated carbocycles. The van der Waals surface area contributed by atoms with Gasteiger partial charge in [-0.1, -0.05) is 25.4 Å². The number of imidazole rings is 1. The molecule has 0 atom stereocenters. The SMILES string of the molecule is COc1ccc(Cl)cc1Cn1ccnc1C(C)C. The van der Waals surface area contributed by atoms with Crippen LogP contribution in [0, 0.1) is 0 Å². The maximum Gasteiger partial charge on any atom is 0.123 e. The van der Waals surface area contributed by atoms with Gasteiger partial charge in [0.15, 0.2) is 0 Å². The highest BCUT2D eigenvalue weighted by molar-refractivity contribution is 6.30. The third kappa shape index (κ3) is 2.67. The zero-order valence-electron chi connectivity index (χ0n) is 10.9. The van der Waals surface area contributed by atoms with E-state index < -0.39 is 0 Å². The van der Waals surface area contributed by atoms with Crippen LogP contribution in [0.4, 0.5) is 0 Å². The van der Waals surface area contributed by atoms with E-state index >= 15 is 0 Å². The molecule has 0 fully saturated rings. The number of nitrogens with zero attached hydrogens (tertiary/aromatic N) is 2. The van der Waals surface area contributed by atoms with Gasteiger partial charge in [-0.25, -0.2) is 4.98 Å². The van der Waals surface area contributed by atoms with Crippen LogP contribution in [0.2, 0.25) is 5.02 Å². The summed E-state index contributed by atoms with van der Waals surface area (Å²) in [6.07, 6.45) is 3.81. The predicted octanol–water partition coefficient (Wildman–Crippen LogP) is 3.72. The number of rotatable bonds is 4. The second-order valence-corrected chi connectivity index (χ2v) is 4.96. The van der Waals surface area contributed by atoms with Crippen molar-refractivity contribution in [2.24, 2.45) is 0 Å². The van der Waals surface area contributed by atoms with Crippen molar-refractivity contribution in [3.63, 3.8) is 0 Å². The molecule has 1 aromatic heterocycles. The van der Waals surface area contributed by atoms with Crippen LogP contribution in [0.1, 0.15) is 31.2 Å². The summed E-state index contributed by atoms with van der Waals surface area (Å²) in [5.41, 5.74) is 1.06. The number of halogens is 1. The zero-order valence-corrected chi connectivity index (χ0v) is 11.6. The molecule has 0 unspecified atom stereocenters. The molecule has 2 rings (SSSR count). The third-order valence-corrected chi connectivity index (χ3v) is 3.08. The molecule has 0 aliphatic carbocycles. The summed E-state index contributed by atoms with van der Waals surface area (Å²) in [5, 5.41) is 0.719. The fourth-order valence-electron chi connectivity index (χ4n) is 2.01. The summed E-state index contributed by atoms with van der Waals surface area (Å²) in [4.78, 5) is 4.38. The molecule has 4 heteroatoms. The molecule has 0 N–H and O–H groups in total. The van der Waals surface area contributed by atoms with Crippen molar-refractivity contribution in [3.8, 4) is 5.75 Å². The average Bonchev–Trinajstić information content (AvgIpc) is 2.77. The fraction of sp³-hybridized carbons (Fsp3) is 0.357. The normalized spacial score (nSPS) is 10.9. The Morgan fingerprint density at radius 3 is 2.83 bits per heavy atom. The zero-order chi connectivity index (χ0) is 13.1. The van der Waals surface area contributed by atoms with Crippen LogP contribution in [0.3, 0.4) is 0 Å². The van der Waals surface area contributed by atoms with E-state index in [9.17, 15) is 0 Å². The van der Waals surface area contributed by atoms with Crippen molar-refractivity contribution in [2.45, 2.75) is 26.3 Å². The minimum absolute atomic E-state index is 0.394. The van der Waals surface area contributed by atoms with E-state index in [-0.39, 0.29) is 0 Å². The third-order valence-electron chi connectivity index (χ3n) is 2.85. The van der Waals surface area contributed by atoms with Crippen LogP contribution >= 0.6 is 11.6 Å². The minimum Gasteiger partial charge on any atom is -0.496 e. The molecular formula is C14H17ClN2O. The van der Waals surface area contributed by atoms with E-state index in [4.69, 9.17) is 16.3 Å². The summed E-state index contributed by atoms with van der Waals surface area (Å²) in [7, 11) is 1.67. The molecule has 2 aromatic rings. The van der Waals surface area contributed by atoms with Crippen molar-refractivity contribution in [2.75, 3.05) is 7.11 Å². The predicted molar refractivity (Wildman–Crippen MR) is 73.4 cm³/mol. The standard InChI is InChI=1S/C14H17ClN2O/c1-10(2)14-16-6-7-17(14)9-11-8-12(15)4-5-13(11)18-3/h4-8,10H,9H2,1-3H3. The van der Waals surface area contributed by atoms with Crippen molar-refractivity contribution in [1.29, 1.82) is 0 Å². The molecule has 0 amide bonds. The summed E-state index contributed by atoms with van der Waals surface area (Å²) in [5.74, 6) is 2.31. The summed E-state index contributed by atoms with van der Waals surface area (Å²) in [6.45, 7) is 4.99. The Kier molecular flexibility index (Phi) is 3.92. The number of aromatic nitrogens is 2. The van der Waals surface area contributed by atoms with E-state index in [0.717, 1.165) is 28.7 Å². The Balaban J connectivity index is 2.33. The summed E-state index contributed by atoms with van der Waals surface area (Å²) in [6, 6.07) is 5.66. The first kappa shape index (κ1) is 13.0. The Morgan fingerprint density at radius 2 is 2.17 bits per heavy atom. The van der Waals surface area contributed by atoms with Gasteiger partial charge >= 0.3 is 0 Å². The van der Waals surface area contributed by atoms with Gasteiger partial charge < -0.3 is 9.30 Å². The lowest BCUT2D eigenvalue weighted by molar-refractivity contribution is 0.408. The molecule has 1 heterocycles. The van der Waals surface area contributed by atoms with Gasteiger partial charge in [0.25, 0.3) is 0 Å². The first-order chi connectivity index (χ1) is 8.61. The van der Waals surface area contributed by atoms with Crippen molar-refractivity contribution in [1.82, 2.24) is 9.55 Å². The lowest BCUT2D eigenvalue weighted by Crippen LogP contribution is -2.07. The van der Waals surface area contributed by atoms with Gasteiger partial charge in [0, 0.05) is 28.9 Å². The highest BCUT2D eigenvalue weighted by Gasteiger charge is 2.10. The molecule has 0 bridgehead atoms. The van der Waals surface area contributed by atoms with Crippen LogP contribution in [0.25, 0.3) is 0 Å². The molecular weight excluding hydrogens is 248 g/mol. The van der Waals surface area contributed by atoms with E-state index in [1.807, 2.05) is 30.6 Å². The van der Waals surface area contributed by atoms with Gasteiger partial charge in [0.05, 0.1) is 13.7 Å². The highest BCUT2D eigenvalue weighted by atomic mass is 35.5. The molecule has 0 spiro atoms. The van der Waals surface area contributed by atoms with Crippen LogP contribution in [0.15, 0.2) is 30.6 Å². The topological polar surface area (TPSA) is 27.1 Å². The molecule has 1 aromatic carbocycles. The first-order valence-electron chi connectivity index (χ1n) is 5.95. The highest BCUT2D eigenvalue weighted by Crippen LogP contribution is 2.24. The molecule has 3 nitrogen and oxygen atoms in total. The van der Waals surface area contributed by atoms with Gasteiger partial charge in [0.2, 0.25) is 0 Å². The second-order valence-electron chi connectivity index (χ2n) is 4.52. The molecule has 96 valence electrons. The van der Waals surface area contributed by atoms with Gasteiger partial charge in [-0.05, 0) is 18.2 Å². The molecule has 0 aliphatic rings. The van der Waals surface area contributed by atoms with Crippen LogP contribution in [-0.2, 0) is 6.54 Å². The van der Waals surface area contributed by atoms with E-state index in [1.165, 1.54) is 0 Å². The minimum atomic E-state index is 0.394. The van der Waals surface area contributed by atoms with Gasteiger partial charge in [0.1, 0.15) is 11.6 Å². The average molecular weight is 265 g/mol. The first-order valence-corrected chi connectivity index (χ1v) is 6.33. The number of benzene rings is 1. The van der Waals surface area contributed by atoms with E-state index in [1.54, 1.807) is 7.11 Å². The number of ether oxygens (including phenoxy) is 1. The lowest BCUT2D eigenvalue weighted by atomic mass is 10.1. The van der Waals surface area contributed by atoms with Crippen molar-refractivity contribution < 1.29 is 4.74 Å². The van der Waals surface area contributed by atoms with Gasteiger partial charge in [-0.3, -0.25) is 0 Å². The second kappa shape index (κ2) is 5.44. The number of methoxy groups -OCH3 is 1. The van der Waals surface area contributed by atoms with Crippen LogP contribution < -0.4 is 4.74 Å². The molecule has 0 radical (unpaired) electrons. The molecule has 18 heavy (non-hydrogen) atoms. The van der Waals surface area contributed by atoms with Gasteiger partial charge in [-0.2, -0.15) is 0 Å². The van der Waals surface area contributed by atoms with Crippen LogP contribution in [0.5, 0.6) is 5.75 Å². The Bertz CT molecular complexity index is 534. The van der Waals surface area contributed by atoms with Crippen molar-refractivity contribution >= 4 is 11.6 Å². The Morgan fingerprint density at radius 1 is 1.39 bits per heavy atom. The van der Waals surface area contributed by atoms with E-state index in [2.05, 4.69) is 23.4 Å². The Labute approximate surface area is 112 Å². The fourth-order valence-corrected chi connectivity index (χ4v) is 2.20. The maximum atomic E-state index is 6.04. The largest absolute Gasteiger partial charge is 0.496 e. The monoisotopic (exact) mass is 264 g/mol. The number of hydrogen-bond acceptors (Lipinski definition) is 2. The number of hydrogen-bond donors (Lipinski definition) is 0. The van der Waals surface area contributed by atoms with Crippen molar-refractivity contribution in [3.05, 3.63) is 47.0 Å². The van der Waals surface area contributed by atoms with Crippen LogP contribution in [-0.4, -0.2) is 16.7 Å². The van der Waals surface area contributed by atoms with Gasteiger partial charge in [-0.15, -0.1) is 0 Å². The Hall–Kier alpha value is -1.48. The maximum absolute atomic E-state index is 6.04. The molecule has 0 aliphatic heterocycles.